The summed E-state index contributed by atoms with van der Waals surface area (Å²) in [4.78, 5) is 0. The molecule has 6 nitrogen and oxygen atoms in total. The van der Waals surface area contributed by atoms with E-state index in [-0.39, 0.29) is 6.61 Å². The van der Waals surface area contributed by atoms with Gasteiger partial charge in [-0.05, 0) is 39.5 Å². The van der Waals surface area contributed by atoms with Gasteiger partial charge in [-0.3, -0.25) is 0 Å². The van der Waals surface area contributed by atoms with Crippen molar-refractivity contribution in [3.63, 3.8) is 0 Å². The molecule has 2 fully saturated rings. The molecule has 0 bridgehead atoms. The second kappa shape index (κ2) is 7.06. The van der Waals surface area contributed by atoms with Crippen molar-refractivity contribution in [1.29, 1.82) is 0 Å². The molecule has 0 radical (unpaired) electrons. The van der Waals surface area contributed by atoms with Crippen LogP contribution in [0.15, 0.2) is 6.20 Å². The molecule has 1 saturated heterocycles. The minimum Gasteiger partial charge on any atom is -0.390 e. The van der Waals surface area contributed by atoms with Crippen molar-refractivity contribution in [2.75, 3.05) is 0 Å². The van der Waals surface area contributed by atoms with E-state index < -0.39 is 0 Å². The second-order valence-corrected chi connectivity index (χ2v) is 6.90. The Morgan fingerprint density at radius 1 is 1.27 bits per heavy atom. The van der Waals surface area contributed by atoms with Gasteiger partial charge in [0.15, 0.2) is 0 Å². The number of aliphatic hydroxyl groups excluding tert-OH is 1. The zero-order chi connectivity index (χ0) is 15.5. The minimum absolute atomic E-state index is 0.0419. The van der Waals surface area contributed by atoms with Crippen LogP contribution in [0.5, 0.6) is 0 Å². The molecule has 2 unspecified atom stereocenters. The number of aliphatic hydroxyl groups is 1. The van der Waals surface area contributed by atoms with Gasteiger partial charge in [0.2, 0.25) is 0 Å². The third kappa shape index (κ3) is 3.67. The zero-order valence-corrected chi connectivity index (χ0v) is 13.6. The number of nitrogens with one attached hydrogen (secondary N) is 1. The largest absolute Gasteiger partial charge is 0.390 e. The molecule has 0 spiro atoms. The maximum Gasteiger partial charge on any atom is 0.108 e. The summed E-state index contributed by atoms with van der Waals surface area (Å²) in [6, 6.07) is 1.30. The molecule has 1 saturated carbocycles. The van der Waals surface area contributed by atoms with E-state index in [9.17, 15) is 5.11 Å². The highest BCUT2D eigenvalue weighted by Crippen LogP contribution is 2.30. The van der Waals surface area contributed by atoms with Crippen molar-refractivity contribution in [2.45, 2.75) is 89.3 Å². The molecular weight excluding hydrogens is 280 g/mol. The first-order chi connectivity index (χ1) is 10.7. The summed E-state index contributed by atoms with van der Waals surface area (Å²) in [6.45, 7) is 4.28. The average molecular weight is 308 g/mol. The predicted molar refractivity (Wildman–Crippen MR) is 83.4 cm³/mol. The molecule has 2 aliphatic rings. The van der Waals surface area contributed by atoms with E-state index in [1.807, 2.05) is 10.9 Å². The zero-order valence-electron chi connectivity index (χ0n) is 13.6. The van der Waals surface area contributed by atoms with Crippen LogP contribution in [0.4, 0.5) is 0 Å². The quantitative estimate of drug-likeness (QED) is 0.887. The molecule has 0 aromatic carbocycles. The Morgan fingerprint density at radius 3 is 2.68 bits per heavy atom. The molecular formula is C16H28N4O2. The third-order valence-corrected chi connectivity index (χ3v) is 4.94. The molecule has 2 heterocycles. The number of nitrogens with zero attached hydrogens (tertiary/aromatic N) is 3. The number of rotatable bonds is 4. The maximum absolute atomic E-state index is 9.19. The lowest BCUT2D eigenvalue weighted by molar-refractivity contribution is -0.0452. The summed E-state index contributed by atoms with van der Waals surface area (Å²) in [5.74, 6) is 0. The topological polar surface area (TPSA) is 72.2 Å². The van der Waals surface area contributed by atoms with E-state index in [0.717, 1.165) is 19.3 Å². The van der Waals surface area contributed by atoms with Crippen molar-refractivity contribution in [1.82, 2.24) is 20.3 Å². The number of hydrogen-bond donors (Lipinski definition) is 2. The first-order valence-corrected chi connectivity index (χ1v) is 8.58. The lowest BCUT2D eigenvalue weighted by Gasteiger charge is -2.39. The van der Waals surface area contributed by atoms with E-state index in [2.05, 4.69) is 29.5 Å². The predicted octanol–water partition coefficient (Wildman–Crippen LogP) is 1.80. The van der Waals surface area contributed by atoms with Gasteiger partial charge in [-0.2, -0.15) is 0 Å². The summed E-state index contributed by atoms with van der Waals surface area (Å²) in [5, 5.41) is 21.3. The molecule has 22 heavy (non-hydrogen) atoms. The van der Waals surface area contributed by atoms with Gasteiger partial charge in [0, 0.05) is 12.1 Å². The Morgan fingerprint density at radius 2 is 2.00 bits per heavy atom. The fourth-order valence-electron chi connectivity index (χ4n) is 4.01. The van der Waals surface area contributed by atoms with Crippen LogP contribution in [-0.2, 0) is 11.3 Å². The number of hydrogen-bond acceptors (Lipinski definition) is 5. The van der Waals surface area contributed by atoms with E-state index >= 15 is 0 Å². The molecule has 124 valence electrons. The molecule has 1 aliphatic carbocycles. The van der Waals surface area contributed by atoms with E-state index in [1.54, 1.807) is 0 Å². The Labute approximate surface area is 132 Å². The molecule has 1 aromatic heterocycles. The van der Waals surface area contributed by atoms with Gasteiger partial charge in [0.1, 0.15) is 5.69 Å². The first-order valence-electron chi connectivity index (χ1n) is 8.58. The summed E-state index contributed by atoms with van der Waals surface area (Å²) >= 11 is 0. The summed E-state index contributed by atoms with van der Waals surface area (Å²) in [6.07, 6.45) is 9.51. The smallest absolute Gasteiger partial charge is 0.108 e. The van der Waals surface area contributed by atoms with Crippen LogP contribution in [0.3, 0.4) is 0 Å². The van der Waals surface area contributed by atoms with Crippen LogP contribution in [0.25, 0.3) is 0 Å². The fourth-order valence-corrected chi connectivity index (χ4v) is 4.01. The van der Waals surface area contributed by atoms with Crippen LogP contribution in [-0.4, -0.2) is 44.4 Å². The molecule has 0 amide bonds. The average Bonchev–Trinajstić information content (AvgIpc) is 2.95. The van der Waals surface area contributed by atoms with Gasteiger partial charge >= 0.3 is 0 Å². The number of aromatic nitrogens is 3. The van der Waals surface area contributed by atoms with Gasteiger partial charge in [-0.15, -0.1) is 5.10 Å². The standard InChI is InChI=1S/C16H28N4O2/c1-11-7-13(8-12(2)22-11)17-15-5-3-4-6-16(15)20-9-14(10-21)18-19-20/h9,11-13,15-17,21H,3-8,10H2,1-2H3/t11?,12?,13?,15-,16+/m0/s1. The van der Waals surface area contributed by atoms with E-state index in [0.29, 0.717) is 36.0 Å². The van der Waals surface area contributed by atoms with Gasteiger partial charge < -0.3 is 15.2 Å². The lowest BCUT2D eigenvalue weighted by atomic mass is 9.88. The van der Waals surface area contributed by atoms with Gasteiger partial charge in [0.05, 0.1) is 31.1 Å². The molecule has 6 heteroatoms. The van der Waals surface area contributed by atoms with Crippen molar-refractivity contribution >= 4 is 0 Å². The Bertz CT molecular complexity index is 468. The van der Waals surface area contributed by atoms with Crippen molar-refractivity contribution < 1.29 is 9.84 Å². The summed E-state index contributed by atoms with van der Waals surface area (Å²) in [5.41, 5.74) is 0.651. The maximum atomic E-state index is 9.19. The summed E-state index contributed by atoms with van der Waals surface area (Å²) in [7, 11) is 0. The molecule has 4 atom stereocenters. The van der Waals surface area contributed by atoms with Crippen LogP contribution in [0, 0.1) is 0 Å². The van der Waals surface area contributed by atoms with Gasteiger partial charge in [-0.25, -0.2) is 4.68 Å². The second-order valence-electron chi connectivity index (χ2n) is 6.90. The van der Waals surface area contributed by atoms with E-state index in [4.69, 9.17) is 4.74 Å². The van der Waals surface area contributed by atoms with Crippen molar-refractivity contribution in [3.8, 4) is 0 Å². The minimum atomic E-state index is -0.0419. The van der Waals surface area contributed by atoms with Crippen molar-refractivity contribution in [3.05, 3.63) is 11.9 Å². The molecule has 2 N–H and O–H groups in total. The highest BCUT2D eigenvalue weighted by atomic mass is 16.5. The van der Waals surface area contributed by atoms with Gasteiger partial charge in [-0.1, -0.05) is 18.1 Å². The number of ether oxygens (including phenoxy) is 1. The van der Waals surface area contributed by atoms with Crippen LogP contribution in [0.2, 0.25) is 0 Å². The normalized spacial score (nSPS) is 36.4. The SMILES string of the molecule is CC1CC(N[C@H]2CCCC[C@H]2n2cc(CO)nn2)CC(C)O1. The highest BCUT2D eigenvalue weighted by molar-refractivity contribution is 4.95. The van der Waals surface area contributed by atoms with Crippen LogP contribution < -0.4 is 5.32 Å². The van der Waals surface area contributed by atoms with Crippen molar-refractivity contribution in [2.24, 2.45) is 0 Å². The first kappa shape index (κ1) is 15.9. The monoisotopic (exact) mass is 308 g/mol. The fraction of sp³-hybridized carbons (Fsp3) is 0.875. The Hall–Kier alpha value is -0.980. The van der Waals surface area contributed by atoms with E-state index in [1.165, 1.54) is 19.3 Å². The summed E-state index contributed by atoms with van der Waals surface area (Å²) < 4.78 is 7.79. The Kier molecular flexibility index (Phi) is 5.10. The third-order valence-electron chi connectivity index (χ3n) is 4.94. The van der Waals surface area contributed by atoms with Crippen LogP contribution >= 0.6 is 0 Å². The Balaban J connectivity index is 1.67. The lowest BCUT2D eigenvalue weighted by Crippen LogP contribution is -2.49. The highest BCUT2D eigenvalue weighted by Gasteiger charge is 2.32. The molecule has 3 rings (SSSR count). The molecule has 1 aliphatic heterocycles. The van der Waals surface area contributed by atoms with Crippen LogP contribution in [0.1, 0.15) is 64.1 Å². The molecule has 1 aromatic rings. The van der Waals surface area contributed by atoms with Gasteiger partial charge in [0.25, 0.3) is 0 Å².